The van der Waals surface area contributed by atoms with Gasteiger partial charge in [-0.05, 0) is 75.3 Å². The molecule has 13 heteroatoms. The fourth-order valence-corrected chi connectivity index (χ4v) is 7.62. The SMILES string of the molecule is N#CC1CCCN1C(=O)CN(C(=O)O)C12CC3C[C@H](CC(OCCOC(=O)Oc4ccc([N+](=O)[O-])cc4)(C3)C1)C2. The molecule has 1 aromatic carbocycles. The second-order valence-corrected chi connectivity index (χ2v) is 11.4. The molecule has 5 fully saturated rings. The minimum Gasteiger partial charge on any atom is -0.465 e. The normalized spacial score (nSPS) is 30.0. The molecule has 1 aromatic rings. The van der Waals surface area contributed by atoms with Crippen molar-refractivity contribution < 1.29 is 38.6 Å². The van der Waals surface area contributed by atoms with Crippen LogP contribution in [0.5, 0.6) is 5.75 Å². The zero-order chi connectivity index (χ0) is 28.5. The Balaban J connectivity index is 1.19. The third kappa shape index (κ3) is 5.54. The van der Waals surface area contributed by atoms with Crippen LogP contribution in [0, 0.1) is 33.3 Å². The number of likely N-dealkylation sites (tertiary alicyclic amines) is 1. The first kappa shape index (κ1) is 27.6. The molecule has 5 atom stereocenters. The van der Waals surface area contributed by atoms with E-state index >= 15 is 0 Å². The van der Waals surface area contributed by atoms with Crippen LogP contribution in [-0.2, 0) is 14.3 Å². The quantitative estimate of drug-likeness (QED) is 0.155. The third-order valence-corrected chi connectivity index (χ3v) is 8.76. The van der Waals surface area contributed by atoms with Crippen LogP contribution in [0.3, 0.4) is 0 Å². The van der Waals surface area contributed by atoms with Crippen LogP contribution in [0.4, 0.5) is 15.3 Å². The zero-order valence-corrected chi connectivity index (χ0v) is 22.0. The second-order valence-electron chi connectivity index (χ2n) is 11.4. The van der Waals surface area contributed by atoms with Crippen molar-refractivity contribution in [3.63, 3.8) is 0 Å². The lowest BCUT2D eigenvalue weighted by Gasteiger charge is -2.63. The highest BCUT2D eigenvalue weighted by Crippen LogP contribution is 2.60. The van der Waals surface area contributed by atoms with E-state index in [9.17, 15) is 34.9 Å². The maximum Gasteiger partial charge on any atom is 0.513 e. The maximum atomic E-state index is 13.1. The first-order chi connectivity index (χ1) is 19.1. The number of non-ortho nitro benzene ring substituents is 1. The molecule has 4 bridgehead atoms. The third-order valence-electron chi connectivity index (χ3n) is 8.76. The van der Waals surface area contributed by atoms with Gasteiger partial charge in [0.1, 0.15) is 24.9 Å². The fourth-order valence-electron chi connectivity index (χ4n) is 7.62. The number of nitrogens with zero attached hydrogens (tertiary/aromatic N) is 4. The second kappa shape index (κ2) is 10.9. The van der Waals surface area contributed by atoms with E-state index in [-0.39, 0.29) is 48.9 Å². The zero-order valence-electron chi connectivity index (χ0n) is 22.0. The number of ether oxygens (including phenoxy) is 3. The summed E-state index contributed by atoms with van der Waals surface area (Å²) in [5, 5.41) is 30.3. The summed E-state index contributed by atoms with van der Waals surface area (Å²) in [6.45, 7) is 0.194. The molecule has 4 saturated carbocycles. The molecular weight excluding hydrogens is 524 g/mol. The van der Waals surface area contributed by atoms with E-state index in [4.69, 9.17) is 14.2 Å². The lowest BCUT2D eigenvalue weighted by atomic mass is 9.50. The Hall–Kier alpha value is -3.92. The fraction of sp³-hybridized carbons (Fsp3) is 0.630. The molecule has 2 amide bonds. The number of nitro benzene ring substituents is 1. The number of carbonyl (C=O) groups is 3. The van der Waals surface area contributed by atoms with Gasteiger partial charge in [-0.25, -0.2) is 9.59 Å². The van der Waals surface area contributed by atoms with Crippen LogP contribution < -0.4 is 4.74 Å². The van der Waals surface area contributed by atoms with Crippen LogP contribution in [-0.4, -0.2) is 81.5 Å². The van der Waals surface area contributed by atoms with Gasteiger partial charge in [0.15, 0.2) is 0 Å². The largest absolute Gasteiger partial charge is 0.513 e. The van der Waals surface area contributed by atoms with Gasteiger partial charge in [0.05, 0.1) is 28.7 Å². The summed E-state index contributed by atoms with van der Waals surface area (Å²) in [6.07, 6.45) is 3.59. The van der Waals surface area contributed by atoms with E-state index in [2.05, 4.69) is 6.07 Å². The Bertz CT molecular complexity index is 1200. The smallest absolute Gasteiger partial charge is 0.465 e. The predicted molar refractivity (Wildman–Crippen MR) is 136 cm³/mol. The Morgan fingerprint density at radius 1 is 1.15 bits per heavy atom. The lowest BCUT2D eigenvalue weighted by molar-refractivity contribution is -0.384. The van der Waals surface area contributed by atoms with Crippen LogP contribution in [0.25, 0.3) is 0 Å². The number of rotatable bonds is 9. The summed E-state index contributed by atoms with van der Waals surface area (Å²) < 4.78 is 16.5. The van der Waals surface area contributed by atoms with Crippen LogP contribution in [0.1, 0.15) is 51.4 Å². The van der Waals surface area contributed by atoms with E-state index in [0.29, 0.717) is 32.2 Å². The highest BCUT2D eigenvalue weighted by atomic mass is 16.7. The number of carboxylic acid groups (broad SMARTS) is 1. The lowest BCUT2D eigenvalue weighted by Crippen LogP contribution is -2.68. The average Bonchev–Trinajstić information content (AvgIpc) is 3.38. The molecule has 5 aliphatic rings. The summed E-state index contributed by atoms with van der Waals surface area (Å²) in [7, 11) is 0. The molecule has 0 radical (unpaired) electrons. The van der Waals surface area contributed by atoms with E-state index in [1.165, 1.54) is 34.1 Å². The molecular formula is C27H32N4O9. The molecule has 0 spiro atoms. The van der Waals surface area contributed by atoms with Crippen LogP contribution in [0.15, 0.2) is 24.3 Å². The summed E-state index contributed by atoms with van der Waals surface area (Å²) in [5.74, 6) is 0.310. The molecule has 40 heavy (non-hydrogen) atoms. The van der Waals surface area contributed by atoms with E-state index in [0.717, 1.165) is 25.7 Å². The number of amides is 2. The Kier molecular flexibility index (Phi) is 7.55. The minimum atomic E-state index is -1.14. The molecule has 4 unspecified atom stereocenters. The van der Waals surface area contributed by atoms with Crippen molar-refractivity contribution in [2.24, 2.45) is 11.8 Å². The predicted octanol–water partition coefficient (Wildman–Crippen LogP) is 3.71. The van der Waals surface area contributed by atoms with Gasteiger partial charge in [-0.15, -0.1) is 0 Å². The number of hydrogen-bond acceptors (Lipinski definition) is 9. The van der Waals surface area contributed by atoms with Gasteiger partial charge in [-0.2, -0.15) is 5.26 Å². The van der Waals surface area contributed by atoms with Crippen molar-refractivity contribution in [3.8, 4) is 11.8 Å². The van der Waals surface area contributed by atoms with Crippen LogP contribution >= 0.6 is 0 Å². The number of hydrogen-bond donors (Lipinski definition) is 1. The molecule has 4 aliphatic carbocycles. The molecule has 6 rings (SSSR count). The first-order valence-electron chi connectivity index (χ1n) is 13.5. The number of carbonyl (C=O) groups excluding carboxylic acids is 2. The Morgan fingerprint density at radius 3 is 2.48 bits per heavy atom. The number of nitriles is 1. The monoisotopic (exact) mass is 556 g/mol. The van der Waals surface area contributed by atoms with Gasteiger partial charge in [-0.3, -0.25) is 19.8 Å². The summed E-state index contributed by atoms with van der Waals surface area (Å²) in [6, 6.07) is 6.67. The van der Waals surface area contributed by atoms with Crippen molar-refractivity contribution >= 4 is 23.8 Å². The highest BCUT2D eigenvalue weighted by molar-refractivity contribution is 5.83. The standard InChI is InChI=1S/C27H32N4O9/c28-15-21-2-1-7-29(21)23(32)16-30(24(33)34)26-11-18-10-19(12-26)14-27(13-18,17-26)39-9-8-38-25(35)40-22-5-3-20(4-6-22)31(36)37/h3-6,18-19,21H,1-2,7-14,16-17H2,(H,33,34)/t18-,19?,21?,26?,27?/m0/s1. The van der Waals surface area contributed by atoms with Crippen molar-refractivity contribution in [1.82, 2.24) is 9.80 Å². The maximum absolute atomic E-state index is 13.1. The topological polar surface area (TPSA) is 173 Å². The highest BCUT2D eigenvalue weighted by Gasteiger charge is 2.61. The van der Waals surface area contributed by atoms with Crippen molar-refractivity contribution in [2.75, 3.05) is 26.3 Å². The van der Waals surface area contributed by atoms with Crippen LogP contribution in [0.2, 0.25) is 0 Å². The molecule has 1 N–H and O–H groups in total. The molecule has 1 saturated heterocycles. The van der Waals surface area contributed by atoms with E-state index < -0.39 is 34.4 Å². The molecule has 1 aliphatic heterocycles. The van der Waals surface area contributed by atoms with Crippen molar-refractivity contribution in [3.05, 3.63) is 34.4 Å². The van der Waals surface area contributed by atoms with Crippen molar-refractivity contribution in [2.45, 2.75) is 68.5 Å². The summed E-state index contributed by atoms with van der Waals surface area (Å²) >= 11 is 0. The Labute approximate surface area is 230 Å². The Morgan fingerprint density at radius 2 is 1.85 bits per heavy atom. The number of benzene rings is 1. The molecule has 1 heterocycles. The van der Waals surface area contributed by atoms with Gasteiger partial charge in [0.25, 0.3) is 5.69 Å². The van der Waals surface area contributed by atoms with Gasteiger partial charge >= 0.3 is 12.2 Å². The average molecular weight is 557 g/mol. The van der Waals surface area contributed by atoms with Crippen molar-refractivity contribution in [1.29, 1.82) is 5.26 Å². The molecule has 214 valence electrons. The first-order valence-corrected chi connectivity index (χ1v) is 13.5. The molecule has 0 aromatic heterocycles. The van der Waals surface area contributed by atoms with Gasteiger partial charge < -0.3 is 24.2 Å². The number of nitro groups is 1. The van der Waals surface area contributed by atoms with Gasteiger partial charge in [0.2, 0.25) is 5.91 Å². The van der Waals surface area contributed by atoms with Gasteiger partial charge in [0, 0.05) is 18.7 Å². The van der Waals surface area contributed by atoms with E-state index in [1.54, 1.807) is 0 Å². The van der Waals surface area contributed by atoms with Gasteiger partial charge in [-0.1, -0.05) is 0 Å². The summed E-state index contributed by atoms with van der Waals surface area (Å²) in [4.78, 5) is 50.7. The summed E-state index contributed by atoms with van der Waals surface area (Å²) in [5.41, 5.74) is -1.42. The minimum absolute atomic E-state index is 0.0818. The molecule has 13 nitrogen and oxygen atoms in total. The van der Waals surface area contributed by atoms with E-state index in [1.807, 2.05) is 0 Å².